The Morgan fingerprint density at radius 2 is 2.05 bits per heavy atom. The van der Waals surface area contributed by atoms with Crippen LogP contribution in [-0.2, 0) is 6.54 Å². The number of nitrogens with zero attached hydrogens (tertiary/aromatic N) is 3. The van der Waals surface area contributed by atoms with Crippen molar-refractivity contribution in [3.63, 3.8) is 0 Å². The average molecular weight is 342 g/mol. The summed E-state index contributed by atoms with van der Waals surface area (Å²) in [5, 5.41) is 17.9. The summed E-state index contributed by atoms with van der Waals surface area (Å²) < 4.78 is 0. The molecule has 7 nitrogen and oxygen atoms in total. The molecule has 0 unspecified atom stereocenters. The number of carboxylic acids is 2. The summed E-state index contributed by atoms with van der Waals surface area (Å²) in [6.07, 6.45) is 6.48. The number of aromatic carboxylic acids is 2. The van der Waals surface area contributed by atoms with E-state index in [1.807, 2.05) is 4.90 Å². The molecule has 20 heavy (non-hydrogen) atoms. The van der Waals surface area contributed by atoms with Crippen LogP contribution in [0.3, 0.4) is 0 Å². The van der Waals surface area contributed by atoms with E-state index >= 15 is 0 Å². The second-order valence-electron chi connectivity index (χ2n) is 3.91. The third-order valence-corrected chi connectivity index (χ3v) is 2.55. The minimum Gasteiger partial charge on any atom is -0.478 e. The van der Waals surface area contributed by atoms with Gasteiger partial charge in [0, 0.05) is 31.4 Å². The van der Waals surface area contributed by atoms with Crippen molar-refractivity contribution in [3.05, 3.63) is 41.5 Å². The van der Waals surface area contributed by atoms with Crippen molar-refractivity contribution in [3.8, 4) is 0 Å². The smallest absolute Gasteiger partial charge is 0.355 e. The van der Waals surface area contributed by atoms with Gasteiger partial charge in [0.2, 0.25) is 0 Å². The molecule has 2 rings (SSSR count). The van der Waals surface area contributed by atoms with Crippen LogP contribution >= 0.6 is 17.0 Å². The maximum absolute atomic E-state index is 11.0. The fraction of sp³-hybridized carbons (Fsp3) is 0.167. The topological polar surface area (TPSA) is 103 Å². The highest BCUT2D eigenvalue weighted by molar-refractivity contribution is 8.93. The Balaban J connectivity index is 0.00000200. The second-order valence-corrected chi connectivity index (χ2v) is 3.91. The van der Waals surface area contributed by atoms with Crippen LogP contribution in [0.15, 0.2) is 29.7 Å². The van der Waals surface area contributed by atoms with Gasteiger partial charge in [0.25, 0.3) is 0 Å². The van der Waals surface area contributed by atoms with Crippen LogP contribution in [0.5, 0.6) is 0 Å². The molecular formula is C12H12BrN3O4. The lowest BCUT2D eigenvalue weighted by Crippen LogP contribution is -2.21. The van der Waals surface area contributed by atoms with Gasteiger partial charge in [-0.1, -0.05) is 0 Å². The molecule has 1 aliphatic rings. The van der Waals surface area contributed by atoms with Crippen LogP contribution in [0.4, 0.5) is 0 Å². The van der Waals surface area contributed by atoms with Crippen LogP contribution in [0.1, 0.15) is 26.4 Å². The summed E-state index contributed by atoms with van der Waals surface area (Å²) in [7, 11) is 0. The molecule has 0 radical (unpaired) electrons. The van der Waals surface area contributed by atoms with Gasteiger partial charge in [-0.05, 0) is 11.6 Å². The lowest BCUT2D eigenvalue weighted by atomic mass is 10.1. The van der Waals surface area contributed by atoms with Crippen molar-refractivity contribution >= 4 is 35.1 Å². The lowest BCUT2D eigenvalue weighted by molar-refractivity contribution is 0.0646. The number of aromatic nitrogens is 1. The Morgan fingerprint density at radius 1 is 1.30 bits per heavy atom. The molecule has 0 saturated heterocycles. The highest BCUT2D eigenvalue weighted by atomic mass is 79.9. The van der Waals surface area contributed by atoms with Crippen molar-refractivity contribution in [1.29, 1.82) is 0 Å². The predicted molar refractivity (Wildman–Crippen MR) is 76.5 cm³/mol. The van der Waals surface area contributed by atoms with E-state index in [1.165, 1.54) is 12.3 Å². The molecule has 0 atom stereocenters. The SMILES string of the molecule is Br.O=C(O)c1cc(CN2C=CN=CC2)cnc1C(=O)O. The first-order valence-corrected chi connectivity index (χ1v) is 5.46. The van der Waals surface area contributed by atoms with E-state index in [0.29, 0.717) is 18.7 Å². The molecule has 2 N–H and O–H groups in total. The number of halogens is 1. The summed E-state index contributed by atoms with van der Waals surface area (Å²) in [5.74, 6) is -2.66. The molecule has 1 aliphatic heterocycles. The molecule has 0 amide bonds. The molecule has 0 fully saturated rings. The van der Waals surface area contributed by atoms with Gasteiger partial charge < -0.3 is 15.1 Å². The third-order valence-electron chi connectivity index (χ3n) is 2.55. The Morgan fingerprint density at radius 3 is 2.60 bits per heavy atom. The quantitative estimate of drug-likeness (QED) is 0.858. The maximum atomic E-state index is 11.0. The van der Waals surface area contributed by atoms with Gasteiger partial charge in [0.1, 0.15) is 0 Å². The first-order valence-electron chi connectivity index (χ1n) is 5.46. The predicted octanol–water partition coefficient (Wildman–Crippen LogP) is 1.41. The first-order chi connectivity index (χ1) is 9.08. The fourth-order valence-electron chi connectivity index (χ4n) is 1.69. The summed E-state index contributed by atoms with van der Waals surface area (Å²) >= 11 is 0. The number of hydrogen-bond acceptors (Lipinski definition) is 5. The Labute approximate surface area is 125 Å². The second kappa shape index (κ2) is 6.80. The fourth-order valence-corrected chi connectivity index (χ4v) is 1.69. The molecule has 1 aromatic heterocycles. The number of carbonyl (C=O) groups is 2. The number of pyridine rings is 1. The van der Waals surface area contributed by atoms with E-state index in [1.54, 1.807) is 18.6 Å². The zero-order valence-electron chi connectivity index (χ0n) is 10.3. The third kappa shape index (κ3) is 3.64. The molecular weight excluding hydrogens is 330 g/mol. The largest absolute Gasteiger partial charge is 0.478 e. The summed E-state index contributed by atoms with van der Waals surface area (Å²) in [5.41, 5.74) is -0.131. The average Bonchev–Trinajstić information content (AvgIpc) is 2.39. The van der Waals surface area contributed by atoms with Gasteiger partial charge in [-0.25, -0.2) is 14.6 Å². The summed E-state index contributed by atoms with van der Waals surface area (Å²) in [6.45, 7) is 1.05. The Kier molecular flexibility index (Phi) is 5.39. The van der Waals surface area contributed by atoms with Crippen LogP contribution in [0, 0.1) is 0 Å². The Hall–Kier alpha value is -2.22. The van der Waals surface area contributed by atoms with E-state index in [2.05, 4.69) is 9.98 Å². The zero-order chi connectivity index (χ0) is 13.8. The lowest BCUT2D eigenvalue weighted by Gasteiger charge is -2.19. The van der Waals surface area contributed by atoms with Crippen LogP contribution in [0.2, 0.25) is 0 Å². The van der Waals surface area contributed by atoms with Crippen molar-refractivity contribution in [2.75, 3.05) is 6.54 Å². The highest BCUT2D eigenvalue weighted by Crippen LogP contribution is 2.12. The number of carboxylic acid groups (broad SMARTS) is 2. The summed E-state index contributed by atoms with van der Waals surface area (Å²) in [4.78, 5) is 31.4. The van der Waals surface area contributed by atoms with E-state index in [-0.39, 0.29) is 22.5 Å². The molecule has 0 spiro atoms. The molecule has 8 heteroatoms. The van der Waals surface area contributed by atoms with Crippen molar-refractivity contribution < 1.29 is 19.8 Å². The standard InChI is InChI=1S/C12H11N3O4.BrH/c16-11(17)9-5-8(6-14-10(9)12(18)19)7-15-3-1-13-2-4-15;/h1-3,5-6H,4,7H2,(H,16,17)(H,18,19);1H. The molecule has 0 aliphatic carbocycles. The minimum absolute atomic E-state index is 0. The first kappa shape index (κ1) is 15.8. The van der Waals surface area contributed by atoms with E-state index in [0.717, 1.165) is 0 Å². The molecule has 0 bridgehead atoms. The van der Waals surface area contributed by atoms with Crippen LogP contribution in [0.25, 0.3) is 0 Å². The van der Waals surface area contributed by atoms with Crippen molar-refractivity contribution in [2.24, 2.45) is 4.99 Å². The summed E-state index contributed by atoms with van der Waals surface area (Å²) in [6, 6.07) is 1.33. The monoisotopic (exact) mass is 341 g/mol. The van der Waals surface area contributed by atoms with Crippen molar-refractivity contribution in [2.45, 2.75) is 6.54 Å². The van der Waals surface area contributed by atoms with E-state index in [9.17, 15) is 9.59 Å². The van der Waals surface area contributed by atoms with Gasteiger partial charge in [0.05, 0.1) is 12.1 Å². The molecule has 106 valence electrons. The number of hydrogen-bond donors (Lipinski definition) is 2. The number of rotatable bonds is 4. The van der Waals surface area contributed by atoms with Crippen LogP contribution < -0.4 is 0 Å². The Bertz CT molecular complexity index is 586. The van der Waals surface area contributed by atoms with Gasteiger partial charge in [-0.3, -0.25) is 4.99 Å². The molecule has 2 heterocycles. The van der Waals surface area contributed by atoms with Crippen molar-refractivity contribution in [1.82, 2.24) is 9.88 Å². The van der Waals surface area contributed by atoms with Crippen LogP contribution in [-0.4, -0.2) is 44.8 Å². The number of aliphatic imine (C=N–C) groups is 1. The van der Waals surface area contributed by atoms with E-state index < -0.39 is 17.6 Å². The molecule has 0 saturated carbocycles. The van der Waals surface area contributed by atoms with Gasteiger partial charge >= 0.3 is 11.9 Å². The van der Waals surface area contributed by atoms with Gasteiger partial charge in [-0.2, -0.15) is 0 Å². The van der Waals surface area contributed by atoms with Gasteiger partial charge in [0.15, 0.2) is 5.69 Å². The maximum Gasteiger partial charge on any atom is 0.355 e. The normalized spacial score (nSPS) is 12.9. The minimum atomic E-state index is -1.35. The molecule has 1 aromatic rings. The zero-order valence-corrected chi connectivity index (χ0v) is 12.0. The van der Waals surface area contributed by atoms with E-state index in [4.69, 9.17) is 10.2 Å². The molecule has 0 aromatic carbocycles. The highest BCUT2D eigenvalue weighted by Gasteiger charge is 2.18. The van der Waals surface area contributed by atoms with Gasteiger partial charge in [-0.15, -0.1) is 17.0 Å².